The summed E-state index contributed by atoms with van der Waals surface area (Å²) in [7, 11) is 0. The van der Waals surface area contributed by atoms with Crippen LogP contribution in [0, 0.1) is 11.3 Å². The zero-order chi connectivity index (χ0) is 18.8. The number of nitrogens with one attached hydrogen (secondary N) is 2. The molecule has 0 aromatic heterocycles. The van der Waals surface area contributed by atoms with E-state index < -0.39 is 0 Å². The van der Waals surface area contributed by atoms with Crippen molar-refractivity contribution >= 4 is 12.1 Å². The van der Waals surface area contributed by atoms with Crippen molar-refractivity contribution in [3.05, 3.63) is 48.6 Å². The molecule has 1 aliphatic rings. The molecule has 0 saturated heterocycles. The van der Waals surface area contributed by atoms with Crippen LogP contribution < -0.4 is 5.32 Å². The number of carbonyl (C=O) groups excluding carboxylic acids is 1. The SMILES string of the molecule is C=CCNC(=O)CCc1ccccc1.CC.N=CCCCC1CCC1. The van der Waals surface area contributed by atoms with E-state index in [1.54, 1.807) is 6.08 Å². The van der Waals surface area contributed by atoms with Crippen molar-refractivity contribution in [2.45, 2.75) is 65.2 Å². The van der Waals surface area contributed by atoms with E-state index in [1.165, 1.54) is 43.9 Å². The number of amides is 1. The Morgan fingerprint density at radius 1 is 1.28 bits per heavy atom. The quantitative estimate of drug-likeness (QED) is 0.344. The van der Waals surface area contributed by atoms with E-state index in [0.717, 1.165) is 18.8 Å². The predicted octanol–water partition coefficient (Wildman–Crippen LogP) is 5.55. The van der Waals surface area contributed by atoms with Crippen molar-refractivity contribution in [3.8, 4) is 0 Å². The molecule has 1 aliphatic carbocycles. The van der Waals surface area contributed by atoms with Crippen LogP contribution >= 0.6 is 0 Å². The van der Waals surface area contributed by atoms with E-state index in [4.69, 9.17) is 5.41 Å². The van der Waals surface area contributed by atoms with Gasteiger partial charge in [0.25, 0.3) is 0 Å². The van der Waals surface area contributed by atoms with Crippen LogP contribution in [0.5, 0.6) is 0 Å². The van der Waals surface area contributed by atoms with E-state index in [-0.39, 0.29) is 5.91 Å². The fourth-order valence-electron chi connectivity index (χ4n) is 2.47. The van der Waals surface area contributed by atoms with E-state index in [2.05, 4.69) is 11.9 Å². The Labute approximate surface area is 154 Å². The molecule has 2 rings (SSSR count). The molecule has 1 amide bonds. The van der Waals surface area contributed by atoms with Crippen molar-refractivity contribution in [1.82, 2.24) is 5.32 Å². The Bertz CT molecular complexity index is 452. The molecular formula is C22H36N2O. The fraction of sp³-hybridized carbons (Fsp3) is 0.545. The standard InChI is InChI=1S/C12H15NO.C8H15N.C2H6/c1-2-10-13-12(14)9-8-11-6-4-3-5-7-11;9-7-2-1-4-8-5-3-6-8;1-2/h2-7H,1,8-10H2,(H,13,14);7-9H,1-6H2;1-2H3. The first-order chi connectivity index (χ1) is 12.3. The first-order valence-electron chi connectivity index (χ1n) is 9.66. The summed E-state index contributed by atoms with van der Waals surface area (Å²) in [6.45, 7) is 8.09. The molecule has 0 spiro atoms. The smallest absolute Gasteiger partial charge is 0.220 e. The lowest BCUT2D eigenvalue weighted by molar-refractivity contribution is -0.120. The first kappa shape index (κ1) is 23.1. The van der Waals surface area contributed by atoms with Gasteiger partial charge in [-0.05, 0) is 37.0 Å². The van der Waals surface area contributed by atoms with Crippen LogP contribution in [-0.4, -0.2) is 18.7 Å². The van der Waals surface area contributed by atoms with Gasteiger partial charge < -0.3 is 10.7 Å². The number of unbranched alkanes of at least 4 members (excludes halogenated alkanes) is 1. The average molecular weight is 345 g/mol. The van der Waals surface area contributed by atoms with Gasteiger partial charge in [0, 0.05) is 13.0 Å². The summed E-state index contributed by atoms with van der Waals surface area (Å²) in [4.78, 5) is 11.2. The summed E-state index contributed by atoms with van der Waals surface area (Å²) >= 11 is 0. The number of aryl methyl sites for hydroxylation is 1. The van der Waals surface area contributed by atoms with Crippen molar-refractivity contribution in [3.63, 3.8) is 0 Å². The molecule has 1 saturated carbocycles. The maximum atomic E-state index is 11.2. The third-order valence-electron chi connectivity index (χ3n) is 4.11. The molecule has 1 aromatic rings. The summed E-state index contributed by atoms with van der Waals surface area (Å²) in [5.41, 5.74) is 1.20. The Morgan fingerprint density at radius 2 is 1.96 bits per heavy atom. The van der Waals surface area contributed by atoms with Crippen molar-refractivity contribution in [1.29, 1.82) is 5.41 Å². The van der Waals surface area contributed by atoms with Gasteiger partial charge >= 0.3 is 0 Å². The molecular weight excluding hydrogens is 308 g/mol. The minimum absolute atomic E-state index is 0.0775. The first-order valence-corrected chi connectivity index (χ1v) is 9.66. The summed E-state index contributed by atoms with van der Waals surface area (Å²) in [5, 5.41) is 9.54. The highest BCUT2D eigenvalue weighted by molar-refractivity contribution is 5.76. The number of rotatable bonds is 9. The monoisotopic (exact) mass is 344 g/mol. The normalized spacial score (nSPS) is 12.4. The second kappa shape index (κ2) is 16.9. The molecule has 0 atom stereocenters. The van der Waals surface area contributed by atoms with Gasteiger partial charge in [0.05, 0.1) is 0 Å². The highest BCUT2D eigenvalue weighted by Crippen LogP contribution is 2.30. The van der Waals surface area contributed by atoms with Gasteiger partial charge in [-0.2, -0.15) is 0 Å². The highest BCUT2D eigenvalue weighted by Gasteiger charge is 2.15. The van der Waals surface area contributed by atoms with E-state index in [9.17, 15) is 4.79 Å². The number of hydrogen-bond acceptors (Lipinski definition) is 2. The second-order valence-corrected chi connectivity index (χ2v) is 6.01. The Morgan fingerprint density at radius 3 is 2.48 bits per heavy atom. The summed E-state index contributed by atoms with van der Waals surface area (Å²) in [6.07, 6.45) is 12.5. The molecule has 2 N–H and O–H groups in total. The Kier molecular flexibility index (Phi) is 15.7. The van der Waals surface area contributed by atoms with Crippen LogP contribution in [-0.2, 0) is 11.2 Å². The zero-order valence-corrected chi connectivity index (χ0v) is 16.1. The molecule has 0 aliphatic heterocycles. The third kappa shape index (κ3) is 13.1. The molecule has 140 valence electrons. The number of benzene rings is 1. The van der Waals surface area contributed by atoms with Gasteiger partial charge in [0.1, 0.15) is 0 Å². The summed E-state index contributed by atoms with van der Waals surface area (Å²) in [6, 6.07) is 10.00. The molecule has 0 heterocycles. The molecule has 1 fully saturated rings. The molecule has 25 heavy (non-hydrogen) atoms. The highest BCUT2D eigenvalue weighted by atomic mass is 16.1. The summed E-state index contributed by atoms with van der Waals surface area (Å²) < 4.78 is 0. The van der Waals surface area contributed by atoms with E-state index in [1.807, 2.05) is 44.2 Å². The van der Waals surface area contributed by atoms with Gasteiger partial charge in [-0.1, -0.05) is 75.9 Å². The van der Waals surface area contributed by atoms with Gasteiger partial charge in [-0.15, -0.1) is 6.58 Å². The van der Waals surface area contributed by atoms with E-state index in [0.29, 0.717) is 13.0 Å². The number of hydrogen-bond donors (Lipinski definition) is 2. The van der Waals surface area contributed by atoms with Crippen LogP contribution in [0.3, 0.4) is 0 Å². The van der Waals surface area contributed by atoms with Gasteiger partial charge in [0.15, 0.2) is 0 Å². The molecule has 0 radical (unpaired) electrons. The molecule has 0 unspecified atom stereocenters. The molecule has 1 aromatic carbocycles. The molecule has 0 bridgehead atoms. The van der Waals surface area contributed by atoms with Crippen LogP contribution in [0.15, 0.2) is 43.0 Å². The van der Waals surface area contributed by atoms with Crippen molar-refractivity contribution < 1.29 is 4.79 Å². The lowest BCUT2D eigenvalue weighted by Crippen LogP contribution is -2.23. The minimum Gasteiger partial charge on any atom is -0.353 e. The Hall–Kier alpha value is -1.90. The minimum atomic E-state index is 0.0775. The summed E-state index contributed by atoms with van der Waals surface area (Å²) in [5.74, 6) is 1.11. The maximum absolute atomic E-state index is 11.2. The second-order valence-electron chi connectivity index (χ2n) is 6.01. The van der Waals surface area contributed by atoms with E-state index >= 15 is 0 Å². The van der Waals surface area contributed by atoms with Gasteiger partial charge in [-0.3, -0.25) is 4.79 Å². The van der Waals surface area contributed by atoms with Crippen LogP contribution in [0.25, 0.3) is 0 Å². The average Bonchev–Trinajstić information content (AvgIpc) is 2.63. The van der Waals surface area contributed by atoms with Crippen molar-refractivity contribution in [2.24, 2.45) is 5.92 Å². The molecule has 3 nitrogen and oxygen atoms in total. The largest absolute Gasteiger partial charge is 0.353 e. The lowest BCUT2D eigenvalue weighted by atomic mass is 9.82. The van der Waals surface area contributed by atoms with Crippen LogP contribution in [0.1, 0.15) is 64.4 Å². The topological polar surface area (TPSA) is 53.0 Å². The van der Waals surface area contributed by atoms with Gasteiger partial charge in [-0.25, -0.2) is 0 Å². The van der Waals surface area contributed by atoms with Crippen LogP contribution in [0.2, 0.25) is 0 Å². The number of carbonyl (C=O) groups is 1. The predicted molar refractivity (Wildman–Crippen MR) is 109 cm³/mol. The lowest BCUT2D eigenvalue weighted by Gasteiger charge is -2.24. The van der Waals surface area contributed by atoms with Crippen molar-refractivity contribution in [2.75, 3.05) is 6.54 Å². The molecule has 3 heteroatoms. The maximum Gasteiger partial charge on any atom is 0.220 e. The zero-order valence-electron chi connectivity index (χ0n) is 16.1. The third-order valence-corrected chi connectivity index (χ3v) is 4.11. The fourth-order valence-corrected chi connectivity index (χ4v) is 2.47. The van der Waals surface area contributed by atoms with Crippen LogP contribution in [0.4, 0.5) is 0 Å². The van der Waals surface area contributed by atoms with Gasteiger partial charge in [0.2, 0.25) is 5.91 Å². The Balaban J connectivity index is 0.000000451.